The van der Waals surface area contributed by atoms with Gasteiger partial charge in [-0.2, -0.15) is 11.8 Å². The zero-order valence-electron chi connectivity index (χ0n) is 15.4. The Morgan fingerprint density at radius 1 is 1.27 bits per heavy atom. The fourth-order valence-electron chi connectivity index (χ4n) is 2.08. The molecule has 0 aliphatic heterocycles. The third-order valence-electron chi connectivity index (χ3n) is 3.64. The molecule has 0 unspecified atom stereocenters. The molecule has 0 radical (unpaired) electrons. The molecule has 0 aliphatic carbocycles. The Hall–Kier alpha value is -0.700. The summed E-state index contributed by atoms with van der Waals surface area (Å²) in [7, 11) is 0. The molecule has 0 saturated heterocycles. The molecule has 128 valence electrons. The van der Waals surface area contributed by atoms with Crippen molar-refractivity contribution in [2.24, 2.45) is 5.92 Å². The molecule has 0 N–H and O–H groups in total. The first-order valence-corrected chi connectivity index (χ1v) is 9.49. The molecule has 1 atom stereocenters. The minimum atomic E-state index is -0.260. The van der Waals surface area contributed by atoms with Gasteiger partial charge in [0.2, 0.25) is 0 Å². The second-order valence-electron chi connectivity index (χ2n) is 6.97. The van der Waals surface area contributed by atoms with Gasteiger partial charge in [-0.25, -0.2) is 4.79 Å². The van der Waals surface area contributed by atoms with Gasteiger partial charge in [0.25, 0.3) is 0 Å². The Kier molecular flexibility index (Phi) is 10.6. The highest BCUT2D eigenvalue weighted by molar-refractivity contribution is 7.99. The maximum Gasteiger partial charge on any atom is 0.331 e. The normalized spacial score (nSPS) is 14.6. The molecular weight excluding hydrogens is 292 g/mol. The van der Waals surface area contributed by atoms with Crippen LogP contribution in [0.15, 0.2) is 23.8 Å². The van der Waals surface area contributed by atoms with Crippen molar-refractivity contribution in [3.8, 4) is 0 Å². The van der Waals surface area contributed by atoms with Gasteiger partial charge in [0.1, 0.15) is 0 Å². The quantitative estimate of drug-likeness (QED) is 0.289. The number of esters is 1. The van der Waals surface area contributed by atoms with Gasteiger partial charge in [-0.15, -0.1) is 0 Å². The second kappa shape index (κ2) is 10.9. The summed E-state index contributed by atoms with van der Waals surface area (Å²) in [6.07, 6.45) is 12.7. The van der Waals surface area contributed by atoms with E-state index in [0.29, 0.717) is 10.7 Å². The maximum absolute atomic E-state index is 11.5. The number of ether oxygens (including phenoxy) is 1. The van der Waals surface area contributed by atoms with Crippen molar-refractivity contribution in [1.82, 2.24) is 0 Å². The van der Waals surface area contributed by atoms with Crippen LogP contribution in [0.1, 0.15) is 67.2 Å². The minimum absolute atomic E-state index is 0.0638. The summed E-state index contributed by atoms with van der Waals surface area (Å²) < 4.78 is 5.49. The van der Waals surface area contributed by atoms with E-state index in [-0.39, 0.29) is 12.1 Å². The molecule has 0 aromatic rings. The molecule has 0 heterocycles. The summed E-state index contributed by atoms with van der Waals surface area (Å²) >= 11 is 1.95. The Morgan fingerprint density at radius 2 is 1.91 bits per heavy atom. The van der Waals surface area contributed by atoms with Gasteiger partial charge in [-0.1, -0.05) is 45.8 Å². The highest BCUT2D eigenvalue weighted by Gasteiger charge is 2.15. The van der Waals surface area contributed by atoms with Crippen LogP contribution in [-0.2, 0) is 9.53 Å². The molecule has 0 bridgehead atoms. The minimum Gasteiger partial charge on any atom is -0.460 e. The molecular formula is C19H34O2S. The predicted octanol–water partition coefficient (Wildman–Crippen LogP) is 5.78. The van der Waals surface area contributed by atoms with Crippen molar-refractivity contribution >= 4 is 17.7 Å². The van der Waals surface area contributed by atoms with E-state index in [1.54, 1.807) is 6.08 Å². The molecule has 3 heteroatoms. The molecule has 0 aliphatic rings. The molecule has 0 fully saturated rings. The summed E-state index contributed by atoms with van der Waals surface area (Å²) in [5.74, 6) is 0.425. The summed E-state index contributed by atoms with van der Waals surface area (Å²) in [6, 6.07) is 0. The lowest BCUT2D eigenvalue weighted by molar-refractivity contribution is -0.141. The monoisotopic (exact) mass is 326 g/mol. The van der Waals surface area contributed by atoms with E-state index in [9.17, 15) is 4.79 Å². The molecule has 0 rings (SSSR count). The van der Waals surface area contributed by atoms with E-state index in [1.165, 1.54) is 19.3 Å². The van der Waals surface area contributed by atoms with Crippen molar-refractivity contribution in [3.63, 3.8) is 0 Å². The van der Waals surface area contributed by atoms with Crippen molar-refractivity contribution < 1.29 is 9.53 Å². The number of hydrogen-bond donors (Lipinski definition) is 0. The van der Waals surface area contributed by atoms with Gasteiger partial charge in [0.05, 0.1) is 6.10 Å². The zero-order chi connectivity index (χ0) is 17.2. The molecule has 22 heavy (non-hydrogen) atoms. The number of allylic oxidation sites excluding steroid dienone is 3. The van der Waals surface area contributed by atoms with Gasteiger partial charge in [0, 0.05) is 10.8 Å². The molecule has 0 saturated carbocycles. The van der Waals surface area contributed by atoms with E-state index in [2.05, 4.69) is 33.1 Å². The number of hydrogen-bond acceptors (Lipinski definition) is 3. The van der Waals surface area contributed by atoms with Crippen molar-refractivity contribution in [2.45, 2.75) is 78.1 Å². The topological polar surface area (TPSA) is 26.3 Å². The van der Waals surface area contributed by atoms with Crippen LogP contribution in [0, 0.1) is 5.92 Å². The summed E-state index contributed by atoms with van der Waals surface area (Å²) in [6.45, 7) is 12.6. The van der Waals surface area contributed by atoms with Crippen LogP contribution in [0.2, 0.25) is 0 Å². The highest BCUT2D eigenvalue weighted by Crippen LogP contribution is 2.28. The van der Waals surface area contributed by atoms with Crippen LogP contribution in [0.5, 0.6) is 0 Å². The van der Waals surface area contributed by atoms with E-state index in [0.717, 1.165) is 12.0 Å². The number of carbonyl (C=O) groups is 1. The summed E-state index contributed by atoms with van der Waals surface area (Å²) in [5, 5.41) is 0. The van der Waals surface area contributed by atoms with Crippen LogP contribution < -0.4 is 0 Å². The highest BCUT2D eigenvalue weighted by atomic mass is 32.2. The van der Waals surface area contributed by atoms with Gasteiger partial charge >= 0.3 is 5.97 Å². The van der Waals surface area contributed by atoms with Gasteiger partial charge in [-0.05, 0) is 51.4 Å². The van der Waals surface area contributed by atoms with E-state index in [4.69, 9.17) is 4.74 Å². The van der Waals surface area contributed by atoms with E-state index < -0.39 is 0 Å². The Labute approximate surface area is 141 Å². The maximum atomic E-state index is 11.5. The molecule has 0 amide bonds. The smallest absolute Gasteiger partial charge is 0.331 e. The third-order valence-corrected chi connectivity index (χ3v) is 4.95. The lowest BCUT2D eigenvalue weighted by Crippen LogP contribution is -2.13. The van der Waals surface area contributed by atoms with Gasteiger partial charge < -0.3 is 4.74 Å². The lowest BCUT2D eigenvalue weighted by atomic mass is 9.96. The van der Waals surface area contributed by atoms with Crippen LogP contribution >= 0.6 is 11.8 Å². The summed E-state index contributed by atoms with van der Waals surface area (Å²) in [4.78, 5) is 11.5. The van der Waals surface area contributed by atoms with Crippen LogP contribution in [0.3, 0.4) is 0 Å². The third kappa shape index (κ3) is 11.9. The first-order chi connectivity index (χ1) is 10.2. The first kappa shape index (κ1) is 21.3. The molecule has 0 spiro atoms. The van der Waals surface area contributed by atoms with Crippen molar-refractivity contribution in [2.75, 3.05) is 6.26 Å². The van der Waals surface area contributed by atoms with Crippen LogP contribution in [0.4, 0.5) is 0 Å². The number of carbonyl (C=O) groups excluding carboxylic acids is 1. The Morgan fingerprint density at radius 3 is 2.45 bits per heavy atom. The Bertz CT molecular complexity index is 381. The molecule has 0 aromatic carbocycles. The summed E-state index contributed by atoms with van der Waals surface area (Å²) in [5.41, 5.74) is 0.946. The first-order valence-electron chi connectivity index (χ1n) is 8.27. The van der Waals surface area contributed by atoms with Gasteiger partial charge in [0.15, 0.2) is 0 Å². The largest absolute Gasteiger partial charge is 0.460 e. The van der Waals surface area contributed by atoms with E-state index in [1.807, 2.05) is 38.6 Å². The molecule has 0 aromatic heterocycles. The van der Waals surface area contributed by atoms with Gasteiger partial charge in [-0.3, -0.25) is 0 Å². The van der Waals surface area contributed by atoms with Crippen molar-refractivity contribution in [1.29, 1.82) is 0 Å². The van der Waals surface area contributed by atoms with Crippen LogP contribution in [-0.4, -0.2) is 23.1 Å². The SMILES string of the molecule is CSC(C)(C)CCC[C@H](C)C/C=C/C(C)=C\C(=O)OC(C)C. The van der Waals surface area contributed by atoms with Crippen LogP contribution in [0.25, 0.3) is 0 Å². The standard InChI is InChI=1S/C19H34O2S/c1-15(2)21-18(20)14-17(4)11-8-10-16(3)12-9-13-19(5,6)22-7/h8,11,14-16H,9-10,12-13H2,1-7H3/b11-8+,17-14-/t16-/m1/s1. The fraction of sp³-hybridized carbons (Fsp3) is 0.737. The van der Waals surface area contributed by atoms with Crippen molar-refractivity contribution in [3.05, 3.63) is 23.8 Å². The second-order valence-corrected chi connectivity index (χ2v) is 8.49. The fourth-order valence-corrected chi connectivity index (χ4v) is 2.43. The zero-order valence-corrected chi connectivity index (χ0v) is 16.3. The lowest BCUT2D eigenvalue weighted by Gasteiger charge is -2.22. The number of thioether (sulfide) groups is 1. The average Bonchev–Trinajstić information content (AvgIpc) is 2.37. The molecule has 2 nitrogen and oxygen atoms in total. The average molecular weight is 327 g/mol. The number of rotatable bonds is 10. The Balaban J connectivity index is 4.05. The van der Waals surface area contributed by atoms with E-state index >= 15 is 0 Å². The predicted molar refractivity (Wildman–Crippen MR) is 99.4 cm³/mol.